The molecule has 5 nitrogen and oxygen atoms in total. The predicted octanol–water partition coefficient (Wildman–Crippen LogP) is 2.42. The molecule has 0 aliphatic heterocycles. The van der Waals surface area contributed by atoms with Crippen molar-refractivity contribution in [3.8, 4) is 5.75 Å². The Labute approximate surface area is 127 Å². The van der Waals surface area contributed by atoms with E-state index in [1.165, 1.54) is 0 Å². The van der Waals surface area contributed by atoms with Gasteiger partial charge in [0.05, 0.1) is 13.2 Å². The molecule has 0 aliphatic carbocycles. The third-order valence-electron chi connectivity index (χ3n) is 3.31. The van der Waals surface area contributed by atoms with Gasteiger partial charge in [-0.2, -0.15) is 0 Å². The smallest absolute Gasteiger partial charge is 0.119 e. The number of ether oxygens (including phenoxy) is 1. The fourth-order valence-electron chi connectivity index (χ4n) is 2.18. The van der Waals surface area contributed by atoms with Crippen LogP contribution in [0, 0.1) is 0 Å². The van der Waals surface area contributed by atoms with E-state index in [-0.39, 0.29) is 6.04 Å². The highest BCUT2D eigenvalue weighted by Crippen LogP contribution is 2.29. The van der Waals surface area contributed by atoms with Crippen molar-refractivity contribution in [1.29, 1.82) is 0 Å². The second-order valence-electron chi connectivity index (χ2n) is 4.44. The van der Waals surface area contributed by atoms with Crippen molar-refractivity contribution in [1.82, 2.24) is 15.0 Å². The number of hydrazine groups is 1. The van der Waals surface area contributed by atoms with Crippen molar-refractivity contribution in [3.63, 3.8) is 0 Å². The van der Waals surface area contributed by atoms with Gasteiger partial charge in [-0.1, -0.05) is 15.9 Å². The molecular weight excluding hydrogens is 320 g/mol. The fourth-order valence-corrected chi connectivity index (χ4v) is 2.70. The highest BCUT2D eigenvalue weighted by Gasteiger charge is 2.17. The molecule has 0 bridgehead atoms. The Hall–Kier alpha value is -1.37. The summed E-state index contributed by atoms with van der Waals surface area (Å²) in [6.07, 6.45) is 4.50. The highest BCUT2D eigenvalue weighted by molar-refractivity contribution is 9.10. The van der Waals surface area contributed by atoms with Gasteiger partial charge in [-0.15, -0.1) is 0 Å². The van der Waals surface area contributed by atoms with Crippen LogP contribution in [-0.2, 0) is 13.0 Å². The third-order valence-corrected chi connectivity index (χ3v) is 4.03. The van der Waals surface area contributed by atoms with E-state index in [0.717, 1.165) is 28.2 Å². The molecule has 0 aliphatic rings. The molecule has 0 spiro atoms. The van der Waals surface area contributed by atoms with E-state index < -0.39 is 0 Å². The molecule has 2 aromatic rings. The minimum Gasteiger partial charge on any atom is -0.497 e. The largest absolute Gasteiger partial charge is 0.497 e. The Kier molecular flexibility index (Phi) is 5.17. The fraction of sp³-hybridized carbons (Fsp3) is 0.357. The molecule has 0 fully saturated rings. The number of imidazole rings is 1. The summed E-state index contributed by atoms with van der Waals surface area (Å²) >= 11 is 3.56. The number of methoxy groups -OCH3 is 1. The summed E-state index contributed by atoms with van der Waals surface area (Å²) in [5, 5.41) is 0. The first-order valence-corrected chi connectivity index (χ1v) is 7.28. The van der Waals surface area contributed by atoms with E-state index in [1.807, 2.05) is 30.6 Å². The molecule has 1 aromatic carbocycles. The lowest BCUT2D eigenvalue weighted by molar-refractivity contribution is 0.412. The molecule has 20 heavy (non-hydrogen) atoms. The zero-order chi connectivity index (χ0) is 14.5. The maximum absolute atomic E-state index is 5.72. The van der Waals surface area contributed by atoms with Gasteiger partial charge >= 0.3 is 0 Å². The van der Waals surface area contributed by atoms with E-state index in [9.17, 15) is 0 Å². The monoisotopic (exact) mass is 338 g/mol. The van der Waals surface area contributed by atoms with E-state index in [2.05, 4.69) is 37.8 Å². The van der Waals surface area contributed by atoms with Crippen LogP contribution >= 0.6 is 15.9 Å². The molecule has 2 rings (SSSR count). The average molecular weight is 339 g/mol. The summed E-state index contributed by atoms with van der Waals surface area (Å²) in [5.41, 5.74) is 3.91. The minimum absolute atomic E-state index is 0.0350. The van der Waals surface area contributed by atoms with Crippen molar-refractivity contribution in [2.75, 3.05) is 7.11 Å². The lowest BCUT2D eigenvalue weighted by Gasteiger charge is -2.19. The molecule has 6 heteroatoms. The van der Waals surface area contributed by atoms with Gasteiger partial charge in [0.2, 0.25) is 0 Å². The Morgan fingerprint density at radius 1 is 1.50 bits per heavy atom. The molecule has 3 N–H and O–H groups in total. The SMILES string of the molecule is CCn1ccnc1CC(NN)c1cc(OC)ccc1Br. The van der Waals surface area contributed by atoms with Crippen LogP contribution < -0.4 is 16.0 Å². The van der Waals surface area contributed by atoms with Crippen LogP contribution in [0.5, 0.6) is 5.75 Å². The molecule has 1 unspecified atom stereocenters. The van der Waals surface area contributed by atoms with Gasteiger partial charge in [0, 0.05) is 29.8 Å². The van der Waals surface area contributed by atoms with Gasteiger partial charge in [-0.3, -0.25) is 11.3 Å². The summed E-state index contributed by atoms with van der Waals surface area (Å²) in [6, 6.07) is 5.82. The van der Waals surface area contributed by atoms with Gasteiger partial charge in [-0.05, 0) is 30.7 Å². The number of nitrogens with zero attached hydrogens (tertiary/aromatic N) is 2. The van der Waals surface area contributed by atoms with Crippen LogP contribution in [0.15, 0.2) is 35.1 Å². The third kappa shape index (κ3) is 3.20. The van der Waals surface area contributed by atoms with Gasteiger partial charge in [0.1, 0.15) is 11.6 Å². The number of aromatic nitrogens is 2. The molecule has 1 atom stereocenters. The van der Waals surface area contributed by atoms with Gasteiger partial charge in [-0.25, -0.2) is 4.98 Å². The van der Waals surface area contributed by atoms with Crippen LogP contribution in [0.2, 0.25) is 0 Å². The van der Waals surface area contributed by atoms with Gasteiger partial charge in [0.15, 0.2) is 0 Å². The second-order valence-corrected chi connectivity index (χ2v) is 5.29. The van der Waals surface area contributed by atoms with Crippen LogP contribution in [0.1, 0.15) is 24.4 Å². The molecule has 1 aromatic heterocycles. The summed E-state index contributed by atoms with van der Waals surface area (Å²) in [5.74, 6) is 7.54. The lowest BCUT2D eigenvalue weighted by Crippen LogP contribution is -2.30. The molecule has 0 amide bonds. The Morgan fingerprint density at radius 3 is 2.95 bits per heavy atom. The molecule has 1 heterocycles. The molecule has 108 valence electrons. The number of benzene rings is 1. The van der Waals surface area contributed by atoms with Crippen molar-refractivity contribution < 1.29 is 4.74 Å². The van der Waals surface area contributed by atoms with E-state index in [4.69, 9.17) is 10.6 Å². The van der Waals surface area contributed by atoms with Crippen molar-refractivity contribution in [2.45, 2.75) is 25.9 Å². The molecular formula is C14H19BrN4O. The molecule has 0 saturated heterocycles. The maximum atomic E-state index is 5.72. The van der Waals surface area contributed by atoms with E-state index >= 15 is 0 Å². The van der Waals surface area contributed by atoms with Crippen molar-refractivity contribution in [2.24, 2.45) is 5.84 Å². The zero-order valence-electron chi connectivity index (χ0n) is 11.6. The number of aryl methyl sites for hydroxylation is 1. The Morgan fingerprint density at radius 2 is 2.30 bits per heavy atom. The maximum Gasteiger partial charge on any atom is 0.119 e. The summed E-state index contributed by atoms with van der Waals surface area (Å²) in [4.78, 5) is 4.39. The first-order chi connectivity index (χ1) is 9.69. The van der Waals surface area contributed by atoms with E-state index in [0.29, 0.717) is 6.42 Å². The highest BCUT2D eigenvalue weighted by atomic mass is 79.9. The molecule has 0 radical (unpaired) electrons. The zero-order valence-corrected chi connectivity index (χ0v) is 13.2. The van der Waals surface area contributed by atoms with Crippen molar-refractivity contribution in [3.05, 3.63) is 46.5 Å². The number of hydrogen-bond donors (Lipinski definition) is 2. The number of nitrogens with one attached hydrogen (secondary N) is 1. The number of hydrogen-bond acceptors (Lipinski definition) is 4. The summed E-state index contributed by atoms with van der Waals surface area (Å²) in [6.45, 7) is 2.99. The first kappa shape index (κ1) is 15.0. The lowest BCUT2D eigenvalue weighted by atomic mass is 10.0. The number of rotatable bonds is 6. The van der Waals surface area contributed by atoms with E-state index in [1.54, 1.807) is 7.11 Å². The van der Waals surface area contributed by atoms with Crippen LogP contribution in [0.4, 0.5) is 0 Å². The van der Waals surface area contributed by atoms with Crippen LogP contribution in [0.3, 0.4) is 0 Å². The summed E-state index contributed by atoms with van der Waals surface area (Å²) in [7, 11) is 1.65. The normalized spacial score (nSPS) is 12.4. The van der Waals surface area contributed by atoms with Gasteiger partial charge < -0.3 is 9.30 Å². The molecule has 0 saturated carbocycles. The van der Waals surface area contributed by atoms with Gasteiger partial charge in [0.25, 0.3) is 0 Å². The van der Waals surface area contributed by atoms with Crippen LogP contribution in [0.25, 0.3) is 0 Å². The topological polar surface area (TPSA) is 65.1 Å². The standard InChI is InChI=1S/C14H19BrN4O/c1-3-19-7-6-17-14(19)9-13(18-16)11-8-10(20-2)4-5-12(11)15/h4-8,13,18H,3,9,16H2,1-2H3. The number of halogens is 1. The average Bonchev–Trinajstić information content (AvgIpc) is 2.92. The Bertz CT molecular complexity index is 570. The number of nitrogens with two attached hydrogens (primary N) is 1. The Balaban J connectivity index is 2.28. The second kappa shape index (κ2) is 6.88. The van der Waals surface area contributed by atoms with Crippen LogP contribution in [-0.4, -0.2) is 16.7 Å². The summed E-state index contributed by atoms with van der Waals surface area (Å²) < 4.78 is 8.38. The quantitative estimate of drug-likeness (QED) is 0.627. The minimum atomic E-state index is -0.0350. The van der Waals surface area contributed by atoms with Crippen molar-refractivity contribution >= 4 is 15.9 Å². The first-order valence-electron chi connectivity index (χ1n) is 6.49. The predicted molar refractivity (Wildman–Crippen MR) is 82.4 cm³/mol.